The summed E-state index contributed by atoms with van der Waals surface area (Å²) in [6, 6.07) is 28.0. The fourth-order valence-corrected chi connectivity index (χ4v) is 6.14. The summed E-state index contributed by atoms with van der Waals surface area (Å²) < 4.78 is 48.7. The second kappa shape index (κ2) is 15.3. The predicted molar refractivity (Wildman–Crippen MR) is 173 cm³/mol. The molecular weight excluding hydrogens is 593 g/mol. The minimum absolute atomic E-state index is 0.00838. The Bertz CT molecular complexity index is 1650. The highest BCUT2D eigenvalue weighted by atomic mass is 32.2. The van der Waals surface area contributed by atoms with Gasteiger partial charge in [-0.05, 0) is 86.0 Å². The normalized spacial score (nSPS) is 12.5. The lowest BCUT2D eigenvalue weighted by Crippen LogP contribution is -2.53. The smallest absolute Gasteiger partial charge is 0.264 e. The van der Waals surface area contributed by atoms with Gasteiger partial charge < -0.3 is 15.0 Å². The highest BCUT2D eigenvalue weighted by Crippen LogP contribution is 2.28. The van der Waals surface area contributed by atoms with Gasteiger partial charge in [-0.3, -0.25) is 13.9 Å². The highest BCUT2D eigenvalue weighted by Gasteiger charge is 2.34. The van der Waals surface area contributed by atoms with Crippen molar-refractivity contribution in [2.45, 2.75) is 57.1 Å². The first-order valence-electron chi connectivity index (χ1n) is 14.9. The molecule has 4 aromatic carbocycles. The maximum absolute atomic E-state index is 14.2. The number of para-hydroxylation sites is 1. The number of carbonyl (C=O) groups excluding carboxylic acids is 2. The zero-order chi connectivity index (χ0) is 32.4. The van der Waals surface area contributed by atoms with Gasteiger partial charge in [-0.2, -0.15) is 0 Å². The van der Waals surface area contributed by atoms with Crippen molar-refractivity contribution in [1.29, 1.82) is 0 Å². The van der Waals surface area contributed by atoms with Crippen LogP contribution in [-0.4, -0.2) is 43.8 Å². The fraction of sp³-hybridized carbons (Fsp3) is 0.257. The Labute approximate surface area is 264 Å². The molecule has 45 heavy (non-hydrogen) atoms. The maximum atomic E-state index is 14.2. The summed E-state index contributed by atoms with van der Waals surface area (Å²) in [7, 11) is -4.21. The van der Waals surface area contributed by atoms with Crippen LogP contribution in [0, 0.1) is 5.82 Å². The Morgan fingerprint density at radius 3 is 1.96 bits per heavy atom. The van der Waals surface area contributed by atoms with Crippen molar-refractivity contribution in [3.05, 3.63) is 121 Å². The van der Waals surface area contributed by atoms with Crippen molar-refractivity contribution < 1.29 is 27.1 Å². The van der Waals surface area contributed by atoms with Gasteiger partial charge in [-0.25, -0.2) is 12.8 Å². The largest absolute Gasteiger partial charge is 0.457 e. The summed E-state index contributed by atoms with van der Waals surface area (Å²) in [6.45, 7) is 5.00. The molecule has 2 atom stereocenters. The van der Waals surface area contributed by atoms with Crippen LogP contribution in [0.5, 0.6) is 11.5 Å². The number of benzene rings is 4. The molecule has 2 unspecified atom stereocenters. The van der Waals surface area contributed by atoms with Crippen LogP contribution in [-0.2, 0) is 26.2 Å². The Balaban J connectivity index is 1.71. The van der Waals surface area contributed by atoms with Gasteiger partial charge in [0.25, 0.3) is 10.0 Å². The third kappa shape index (κ3) is 8.69. The van der Waals surface area contributed by atoms with E-state index in [1.165, 1.54) is 29.2 Å². The monoisotopic (exact) mass is 631 g/mol. The van der Waals surface area contributed by atoms with Gasteiger partial charge in [0, 0.05) is 12.6 Å². The lowest BCUT2D eigenvalue weighted by atomic mass is 10.1. The molecular formula is C35H38FN3O5S. The molecule has 1 N–H and O–H groups in total. The van der Waals surface area contributed by atoms with E-state index in [2.05, 4.69) is 5.32 Å². The fourth-order valence-electron chi connectivity index (χ4n) is 4.70. The number of nitrogens with one attached hydrogen (secondary N) is 1. The minimum Gasteiger partial charge on any atom is -0.457 e. The molecule has 236 valence electrons. The summed E-state index contributed by atoms with van der Waals surface area (Å²) in [5, 5.41) is 2.94. The second-order valence-corrected chi connectivity index (χ2v) is 12.5. The van der Waals surface area contributed by atoms with Crippen LogP contribution >= 0.6 is 0 Å². The number of hydrogen-bond acceptors (Lipinski definition) is 5. The van der Waals surface area contributed by atoms with Gasteiger partial charge in [0.15, 0.2) is 0 Å². The Morgan fingerprint density at radius 1 is 0.800 bits per heavy atom. The number of rotatable bonds is 14. The number of amides is 2. The van der Waals surface area contributed by atoms with Crippen molar-refractivity contribution in [2.75, 3.05) is 10.8 Å². The SMILES string of the molecule is CCC(C)NC(=O)C(CC)N(Cc1ccc(F)cc1)C(=O)CN(c1ccc(Oc2ccccc2)cc1)S(=O)(=O)c1ccccc1. The average Bonchev–Trinajstić information content (AvgIpc) is 3.05. The predicted octanol–water partition coefficient (Wildman–Crippen LogP) is 6.54. The molecule has 0 aliphatic carbocycles. The van der Waals surface area contributed by atoms with Crippen molar-refractivity contribution >= 4 is 27.5 Å². The molecule has 0 radical (unpaired) electrons. The van der Waals surface area contributed by atoms with Gasteiger partial charge in [0.2, 0.25) is 11.8 Å². The lowest BCUT2D eigenvalue weighted by molar-refractivity contribution is -0.140. The third-order valence-corrected chi connectivity index (χ3v) is 9.15. The molecule has 0 saturated heterocycles. The van der Waals surface area contributed by atoms with Crippen molar-refractivity contribution in [1.82, 2.24) is 10.2 Å². The minimum atomic E-state index is -4.21. The van der Waals surface area contributed by atoms with E-state index in [-0.39, 0.29) is 35.5 Å². The molecule has 0 fully saturated rings. The molecule has 2 amide bonds. The van der Waals surface area contributed by atoms with E-state index in [0.29, 0.717) is 23.5 Å². The van der Waals surface area contributed by atoms with Gasteiger partial charge >= 0.3 is 0 Å². The molecule has 0 aliphatic rings. The molecule has 0 saturated carbocycles. The van der Waals surface area contributed by atoms with Crippen LogP contribution in [0.4, 0.5) is 10.1 Å². The van der Waals surface area contributed by atoms with Gasteiger partial charge in [-0.15, -0.1) is 0 Å². The first kappa shape index (κ1) is 33.2. The van der Waals surface area contributed by atoms with Crippen molar-refractivity contribution in [3.8, 4) is 11.5 Å². The van der Waals surface area contributed by atoms with Crippen molar-refractivity contribution in [3.63, 3.8) is 0 Å². The van der Waals surface area contributed by atoms with E-state index < -0.39 is 34.3 Å². The number of ether oxygens (including phenoxy) is 1. The van der Waals surface area contributed by atoms with Crippen LogP contribution < -0.4 is 14.4 Å². The number of halogens is 1. The van der Waals surface area contributed by atoms with Gasteiger partial charge in [-0.1, -0.05) is 62.4 Å². The Hall–Kier alpha value is -4.70. The summed E-state index contributed by atoms with van der Waals surface area (Å²) in [4.78, 5) is 28.9. The number of nitrogens with zero attached hydrogens (tertiary/aromatic N) is 2. The standard InChI is InChI=1S/C35H38FN3O5S/c1-4-26(3)37-35(41)33(5-2)38(24-27-16-18-28(36)19-17-27)34(40)25-39(45(42,43)32-14-10-7-11-15-32)29-20-22-31(23-21-29)44-30-12-8-6-9-13-30/h6-23,26,33H,4-5,24-25H2,1-3H3,(H,37,41). The number of carbonyl (C=O) groups is 2. The zero-order valence-corrected chi connectivity index (χ0v) is 26.4. The molecule has 10 heteroatoms. The van der Waals surface area contributed by atoms with E-state index in [4.69, 9.17) is 4.74 Å². The molecule has 8 nitrogen and oxygen atoms in total. The second-order valence-electron chi connectivity index (χ2n) is 10.6. The quantitative estimate of drug-likeness (QED) is 0.171. The number of hydrogen-bond donors (Lipinski definition) is 1. The summed E-state index contributed by atoms with van der Waals surface area (Å²) >= 11 is 0. The van der Waals surface area contributed by atoms with Crippen LogP contribution in [0.3, 0.4) is 0 Å². The summed E-state index contributed by atoms with van der Waals surface area (Å²) in [6.07, 6.45) is 0.979. The molecule has 0 bridgehead atoms. The zero-order valence-electron chi connectivity index (χ0n) is 25.6. The highest BCUT2D eigenvalue weighted by molar-refractivity contribution is 7.92. The Kier molecular flexibility index (Phi) is 11.3. The Morgan fingerprint density at radius 2 is 1.38 bits per heavy atom. The molecule has 4 rings (SSSR count). The van der Waals surface area contributed by atoms with E-state index in [1.807, 2.05) is 32.0 Å². The van der Waals surface area contributed by atoms with Crippen LogP contribution in [0.15, 0.2) is 114 Å². The molecule has 0 heterocycles. The maximum Gasteiger partial charge on any atom is 0.264 e. The molecule has 0 spiro atoms. The van der Waals surface area contributed by atoms with E-state index in [1.54, 1.807) is 73.7 Å². The van der Waals surface area contributed by atoms with Crippen LogP contribution in [0.25, 0.3) is 0 Å². The number of sulfonamides is 1. The first-order valence-corrected chi connectivity index (χ1v) is 16.3. The van der Waals surface area contributed by atoms with Crippen LogP contribution in [0.1, 0.15) is 39.2 Å². The average molecular weight is 632 g/mol. The summed E-state index contributed by atoms with van der Waals surface area (Å²) in [5.41, 5.74) is 0.839. The van der Waals surface area contributed by atoms with Gasteiger partial charge in [0.05, 0.1) is 10.6 Å². The molecule has 4 aromatic rings. The molecule has 0 aliphatic heterocycles. The first-order chi connectivity index (χ1) is 21.6. The number of anilines is 1. The van der Waals surface area contributed by atoms with Crippen LogP contribution in [0.2, 0.25) is 0 Å². The topological polar surface area (TPSA) is 96.0 Å². The lowest BCUT2D eigenvalue weighted by Gasteiger charge is -2.33. The van der Waals surface area contributed by atoms with E-state index >= 15 is 0 Å². The molecule has 0 aromatic heterocycles. The van der Waals surface area contributed by atoms with E-state index in [0.717, 1.165) is 4.31 Å². The van der Waals surface area contributed by atoms with Crippen molar-refractivity contribution in [2.24, 2.45) is 0 Å². The summed E-state index contributed by atoms with van der Waals surface area (Å²) in [5.74, 6) is -0.263. The van der Waals surface area contributed by atoms with Gasteiger partial charge in [0.1, 0.15) is 29.9 Å². The third-order valence-electron chi connectivity index (χ3n) is 7.37. The van der Waals surface area contributed by atoms with E-state index in [9.17, 15) is 22.4 Å².